The number of esters is 1. The standard InChI is InChI=1S/C29H39NO3/c1-5-13-29-14-12-25-23(26(29)11-10-24(29)19(2)31)9-8-21-17-22(30-15-6-7-16-30)18-27(28(21,25)4)33-20(3)32/h8,13,17,23-27H,1,6-7,9-12,14-16,18H2,2-4H3/t23-,24-,25+,26+,27-,28+,29-/m1/s1. The zero-order chi connectivity index (χ0) is 23.4. The van der Waals surface area contributed by atoms with Gasteiger partial charge in [-0.2, -0.15) is 0 Å². The van der Waals surface area contributed by atoms with Gasteiger partial charge in [0.15, 0.2) is 0 Å². The average molecular weight is 450 g/mol. The normalized spacial score (nSPS) is 41.7. The van der Waals surface area contributed by atoms with Crippen LogP contribution in [0.4, 0.5) is 0 Å². The molecule has 4 aliphatic carbocycles. The number of rotatable bonds is 4. The van der Waals surface area contributed by atoms with Crippen molar-refractivity contribution in [3.63, 3.8) is 0 Å². The van der Waals surface area contributed by atoms with Crippen molar-refractivity contribution in [2.75, 3.05) is 13.1 Å². The molecule has 4 nitrogen and oxygen atoms in total. The molecule has 0 radical (unpaired) electrons. The van der Waals surface area contributed by atoms with Gasteiger partial charge < -0.3 is 9.64 Å². The summed E-state index contributed by atoms with van der Waals surface area (Å²) in [5.41, 5.74) is 5.54. The van der Waals surface area contributed by atoms with E-state index in [9.17, 15) is 9.59 Å². The summed E-state index contributed by atoms with van der Waals surface area (Å²) in [7, 11) is 0. The summed E-state index contributed by atoms with van der Waals surface area (Å²) in [6.07, 6.45) is 15.4. The third-order valence-electron chi connectivity index (χ3n) is 10.1. The Hall–Kier alpha value is -2.06. The Bertz CT molecular complexity index is 950. The van der Waals surface area contributed by atoms with E-state index in [0.29, 0.717) is 23.5 Å². The van der Waals surface area contributed by atoms with Gasteiger partial charge in [-0.1, -0.05) is 19.6 Å². The van der Waals surface area contributed by atoms with Gasteiger partial charge in [-0.15, -0.1) is 5.73 Å². The van der Waals surface area contributed by atoms with Crippen molar-refractivity contribution in [1.82, 2.24) is 4.90 Å². The number of likely N-dealkylation sites (tertiary alicyclic amines) is 1. The second-order valence-corrected chi connectivity index (χ2v) is 11.4. The molecule has 0 N–H and O–H groups in total. The molecular formula is C29H39NO3. The van der Waals surface area contributed by atoms with Gasteiger partial charge in [0.25, 0.3) is 0 Å². The van der Waals surface area contributed by atoms with Gasteiger partial charge in [0.2, 0.25) is 0 Å². The summed E-state index contributed by atoms with van der Waals surface area (Å²) < 4.78 is 6.11. The van der Waals surface area contributed by atoms with Crippen LogP contribution in [0, 0.1) is 34.5 Å². The molecule has 178 valence electrons. The van der Waals surface area contributed by atoms with E-state index in [4.69, 9.17) is 4.74 Å². The van der Waals surface area contributed by atoms with Crippen molar-refractivity contribution in [2.45, 2.75) is 78.2 Å². The first-order valence-electron chi connectivity index (χ1n) is 13.0. The molecule has 4 heteroatoms. The number of carbonyl (C=O) groups is 2. The fourth-order valence-electron chi connectivity index (χ4n) is 8.70. The van der Waals surface area contributed by atoms with E-state index in [2.05, 4.69) is 42.4 Å². The zero-order valence-corrected chi connectivity index (χ0v) is 20.6. The second-order valence-electron chi connectivity index (χ2n) is 11.4. The maximum atomic E-state index is 12.6. The highest BCUT2D eigenvalue weighted by Gasteiger charge is 2.62. The lowest BCUT2D eigenvalue weighted by atomic mass is 9.47. The first-order chi connectivity index (χ1) is 15.8. The number of fused-ring (bicyclic) bond motifs is 5. The van der Waals surface area contributed by atoms with Crippen molar-refractivity contribution >= 4 is 11.8 Å². The molecule has 0 aromatic carbocycles. The Morgan fingerprint density at radius 2 is 1.94 bits per heavy atom. The lowest BCUT2D eigenvalue weighted by Crippen LogP contribution is -2.55. The van der Waals surface area contributed by atoms with Crippen LogP contribution < -0.4 is 0 Å². The molecule has 5 rings (SSSR count). The molecule has 0 spiro atoms. The van der Waals surface area contributed by atoms with E-state index in [1.165, 1.54) is 24.1 Å². The predicted molar refractivity (Wildman–Crippen MR) is 129 cm³/mol. The van der Waals surface area contributed by atoms with E-state index < -0.39 is 0 Å². The lowest BCUT2D eigenvalue weighted by Gasteiger charge is -2.58. The number of allylic oxidation sites excluding steroid dienone is 3. The fourth-order valence-corrected chi connectivity index (χ4v) is 8.70. The summed E-state index contributed by atoms with van der Waals surface area (Å²) in [6, 6.07) is 0. The van der Waals surface area contributed by atoms with Crippen LogP contribution in [0.15, 0.2) is 41.8 Å². The minimum Gasteiger partial charge on any atom is -0.461 e. The summed E-state index contributed by atoms with van der Waals surface area (Å²) >= 11 is 0. The van der Waals surface area contributed by atoms with Gasteiger partial charge in [-0.05, 0) is 87.3 Å². The molecule has 5 aliphatic rings. The van der Waals surface area contributed by atoms with E-state index in [1.807, 2.05) is 0 Å². The number of ketones is 1. The summed E-state index contributed by atoms with van der Waals surface area (Å²) in [5, 5.41) is 0. The molecule has 0 bridgehead atoms. The molecule has 0 aromatic heterocycles. The Labute approximate surface area is 198 Å². The molecule has 2 saturated carbocycles. The Balaban J connectivity index is 1.55. The van der Waals surface area contributed by atoms with Crippen LogP contribution in [0.25, 0.3) is 0 Å². The van der Waals surface area contributed by atoms with Crippen LogP contribution in [0.3, 0.4) is 0 Å². The average Bonchev–Trinajstić information content (AvgIpc) is 3.42. The van der Waals surface area contributed by atoms with Crippen LogP contribution in [0.5, 0.6) is 0 Å². The molecule has 7 atom stereocenters. The minimum atomic E-state index is -0.178. The SMILES string of the molecule is C=C=C[C@]12CC[C@H]3[C@@H](CC=C4C=C(N5CCCC5)C[C@@H](OC(C)=O)[C@@]43C)[C@@H]1CC[C@@H]2C(C)=O. The highest BCUT2D eigenvalue weighted by Crippen LogP contribution is 2.67. The topological polar surface area (TPSA) is 46.6 Å². The third-order valence-corrected chi connectivity index (χ3v) is 10.1. The van der Waals surface area contributed by atoms with Crippen LogP contribution >= 0.6 is 0 Å². The van der Waals surface area contributed by atoms with Crippen molar-refractivity contribution in [1.29, 1.82) is 0 Å². The highest BCUT2D eigenvalue weighted by molar-refractivity contribution is 5.80. The first-order valence-corrected chi connectivity index (χ1v) is 13.0. The van der Waals surface area contributed by atoms with Crippen LogP contribution in [0.2, 0.25) is 0 Å². The Kier molecular flexibility index (Phi) is 5.72. The molecule has 0 amide bonds. The maximum Gasteiger partial charge on any atom is 0.302 e. The number of Topliss-reactive ketones (excluding diaryl/α,β-unsaturated/α-hetero) is 1. The van der Waals surface area contributed by atoms with Gasteiger partial charge >= 0.3 is 5.97 Å². The highest BCUT2D eigenvalue weighted by atomic mass is 16.5. The number of hydrogen-bond donors (Lipinski definition) is 0. The van der Waals surface area contributed by atoms with Gasteiger partial charge in [0, 0.05) is 48.9 Å². The van der Waals surface area contributed by atoms with E-state index in [1.54, 1.807) is 13.8 Å². The number of hydrogen-bond acceptors (Lipinski definition) is 4. The van der Waals surface area contributed by atoms with Gasteiger partial charge in [0.1, 0.15) is 11.9 Å². The Morgan fingerprint density at radius 3 is 2.61 bits per heavy atom. The molecule has 1 heterocycles. The number of carbonyl (C=O) groups excluding carboxylic acids is 2. The van der Waals surface area contributed by atoms with Gasteiger partial charge in [-0.3, -0.25) is 9.59 Å². The Morgan fingerprint density at radius 1 is 1.18 bits per heavy atom. The smallest absolute Gasteiger partial charge is 0.302 e. The molecule has 1 aliphatic heterocycles. The monoisotopic (exact) mass is 449 g/mol. The van der Waals surface area contributed by atoms with Gasteiger partial charge in [0.05, 0.1) is 0 Å². The molecule has 0 aromatic rings. The number of nitrogens with zero attached hydrogens (tertiary/aromatic N) is 1. The zero-order valence-electron chi connectivity index (χ0n) is 20.6. The molecule has 1 saturated heterocycles. The fraction of sp³-hybridized carbons (Fsp3) is 0.690. The van der Waals surface area contributed by atoms with Crippen LogP contribution in [0.1, 0.15) is 72.1 Å². The van der Waals surface area contributed by atoms with E-state index in [0.717, 1.165) is 51.6 Å². The van der Waals surface area contributed by atoms with E-state index >= 15 is 0 Å². The quantitative estimate of drug-likeness (QED) is 0.414. The molecular weight excluding hydrogens is 410 g/mol. The van der Waals surface area contributed by atoms with Gasteiger partial charge in [-0.25, -0.2) is 0 Å². The minimum absolute atomic E-state index is 0.0909. The van der Waals surface area contributed by atoms with Crippen LogP contribution in [-0.2, 0) is 14.3 Å². The summed E-state index contributed by atoms with van der Waals surface area (Å²) in [4.78, 5) is 27.3. The first kappa shape index (κ1) is 22.7. The van der Waals surface area contributed by atoms with Crippen molar-refractivity contribution in [2.24, 2.45) is 34.5 Å². The van der Waals surface area contributed by atoms with Crippen molar-refractivity contribution in [3.05, 3.63) is 41.8 Å². The van der Waals surface area contributed by atoms with E-state index in [-0.39, 0.29) is 28.8 Å². The van der Waals surface area contributed by atoms with Crippen LogP contribution in [-0.4, -0.2) is 35.8 Å². The molecule has 3 fully saturated rings. The van der Waals surface area contributed by atoms with Crippen molar-refractivity contribution in [3.8, 4) is 0 Å². The molecule has 33 heavy (non-hydrogen) atoms. The lowest BCUT2D eigenvalue weighted by molar-refractivity contribution is -0.159. The largest absolute Gasteiger partial charge is 0.461 e. The summed E-state index contributed by atoms with van der Waals surface area (Å²) in [5.74, 6) is 1.66. The third kappa shape index (κ3) is 3.40. The molecule has 0 unspecified atom stereocenters. The maximum absolute atomic E-state index is 12.6. The second kappa shape index (κ2) is 8.31. The summed E-state index contributed by atoms with van der Waals surface area (Å²) in [6.45, 7) is 11.8. The van der Waals surface area contributed by atoms with Crippen molar-refractivity contribution < 1.29 is 14.3 Å². The predicted octanol–water partition coefficient (Wildman–Crippen LogP) is 5.61. The number of ether oxygens (including phenoxy) is 1.